The predicted molar refractivity (Wildman–Crippen MR) is 87.3 cm³/mol. The van der Waals surface area contributed by atoms with Crippen molar-refractivity contribution in [2.24, 2.45) is 0 Å². The zero-order chi connectivity index (χ0) is 15.7. The van der Waals surface area contributed by atoms with E-state index in [1.807, 2.05) is 26.0 Å². The number of nitrogens with one attached hydrogen (secondary N) is 1. The molecule has 0 unspecified atom stereocenters. The summed E-state index contributed by atoms with van der Waals surface area (Å²) in [6, 6.07) is 7.26. The molecule has 2 heterocycles. The van der Waals surface area contributed by atoms with Gasteiger partial charge in [0.1, 0.15) is 11.4 Å². The van der Waals surface area contributed by atoms with Crippen LogP contribution in [0.4, 0.5) is 5.82 Å². The van der Waals surface area contributed by atoms with Gasteiger partial charge in [-0.05, 0) is 43.2 Å². The first-order valence-electron chi connectivity index (χ1n) is 6.93. The number of fused-ring (bicyclic) bond motifs is 1. The lowest BCUT2D eigenvalue weighted by Gasteiger charge is -2.06. The van der Waals surface area contributed by atoms with Crippen LogP contribution in [-0.2, 0) is 11.2 Å². The molecule has 2 aromatic heterocycles. The fraction of sp³-hybridized carbons (Fsp3) is 0.176. The van der Waals surface area contributed by atoms with Crippen LogP contribution in [0.1, 0.15) is 16.7 Å². The lowest BCUT2D eigenvalue weighted by Crippen LogP contribution is -2.15. The van der Waals surface area contributed by atoms with Gasteiger partial charge in [-0.2, -0.15) is 0 Å². The largest absolute Gasteiger partial charge is 0.464 e. The fourth-order valence-corrected chi connectivity index (χ4v) is 2.68. The number of halogens is 1. The van der Waals surface area contributed by atoms with Crippen molar-refractivity contribution in [2.45, 2.75) is 20.3 Å². The number of furan rings is 1. The van der Waals surface area contributed by atoms with Crippen molar-refractivity contribution in [2.75, 3.05) is 5.32 Å². The first kappa shape index (κ1) is 14.6. The van der Waals surface area contributed by atoms with Gasteiger partial charge in [0.25, 0.3) is 0 Å². The summed E-state index contributed by atoms with van der Waals surface area (Å²) in [6.45, 7) is 3.87. The number of hydrogen-bond donors (Lipinski definition) is 1. The minimum absolute atomic E-state index is 0.141. The Balaban J connectivity index is 1.88. The Morgan fingerprint density at radius 1 is 1.36 bits per heavy atom. The SMILES string of the molecule is Cc1cc2occ(CC(=O)Nc3ccccn3)c2c(C)c1Cl. The van der Waals surface area contributed by atoms with Crippen molar-refractivity contribution in [1.29, 1.82) is 0 Å². The molecule has 3 rings (SSSR count). The number of carbonyl (C=O) groups is 1. The number of nitrogens with zero attached hydrogens (tertiary/aromatic N) is 1. The molecule has 0 atom stereocenters. The Kier molecular flexibility index (Phi) is 3.86. The van der Waals surface area contributed by atoms with Gasteiger partial charge in [0.05, 0.1) is 12.7 Å². The van der Waals surface area contributed by atoms with Crippen LogP contribution in [0.25, 0.3) is 11.0 Å². The van der Waals surface area contributed by atoms with Crippen molar-refractivity contribution in [3.05, 3.63) is 58.4 Å². The molecule has 1 amide bonds. The van der Waals surface area contributed by atoms with E-state index in [1.165, 1.54) is 0 Å². The third-order valence-electron chi connectivity index (χ3n) is 3.58. The molecule has 0 aliphatic rings. The van der Waals surface area contributed by atoms with Gasteiger partial charge in [-0.15, -0.1) is 0 Å². The molecule has 0 aliphatic carbocycles. The summed E-state index contributed by atoms with van der Waals surface area (Å²) in [7, 11) is 0. The molecule has 22 heavy (non-hydrogen) atoms. The van der Waals surface area contributed by atoms with Gasteiger partial charge < -0.3 is 9.73 Å². The lowest BCUT2D eigenvalue weighted by molar-refractivity contribution is -0.115. The molecule has 1 aromatic carbocycles. The predicted octanol–water partition coefficient (Wildman–Crippen LogP) is 4.28. The number of hydrogen-bond acceptors (Lipinski definition) is 3. The maximum absolute atomic E-state index is 12.2. The second-order valence-corrected chi connectivity index (χ2v) is 5.58. The van der Waals surface area contributed by atoms with Crippen LogP contribution in [-0.4, -0.2) is 10.9 Å². The Morgan fingerprint density at radius 3 is 2.91 bits per heavy atom. The summed E-state index contributed by atoms with van der Waals surface area (Å²) in [4.78, 5) is 16.2. The highest BCUT2D eigenvalue weighted by Gasteiger charge is 2.15. The molecule has 5 heteroatoms. The van der Waals surface area contributed by atoms with Gasteiger partial charge in [0, 0.05) is 22.2 Å². The summed E-state index contributed by atoms with van der Waals surface area (Å²) >= 11 is 6.30. The summed E-state index contributed by atoms with van der Waals surface area (Å²) in [5, 5.41) is 4.38. The van der Waals surface area contributed by atoms with Crippen LogP contribution in [0.3, 0.4) is 0 Å². The number of pyridine rings is 1. The van der Waals surface area contributed by atoms with E-state index in [0.29, 0.717) is 10.8 Å². The highest BCUT2D eigenvalue weighted by atomic mass is 35.5. The zero-order valence-electron chi connectivity index (χ0n) is 12.3. The van der Waals surface area contributed by atoms with Gasteiger partial charge >= 0.3 is 0 Å². The number of amides is 1. The van der Waals surface area contributed by atoms with Crippen molar-refractivity contribution < 1.29 is 9.21 Å². The Bertz CT molecular complexity index is 841. The Labute approximate surface area is 133 Å². The van der Waals surface area contributed by atoms with Gasteiger partial charge in [0.2, 0.25) is 5.91 Å². The van der Waals surface area contributed by atoms with E-state index in [-0.39, 0.29) is 12.3 Å². The minimum atomic E-state index is -0.141. The first-order valence-corrected chi connectivity index (χ1v) is 7.30. The van der Waals surface area contributed by atoms with E-state index in [9.17, 15) is 4.79 Å². The molecule has 112 valence electrons. The monoisotopic (exact) mass is 314 g/mol. The number of rotatable bonds is 3. The molecular formula is C17H15ClN2O2. The second kappa shape index (κ2) is 5.81. The van der Waals surface area contributed by atoms with Crippen LogP contribution in [0.5, 0.6) is 0 Å². The third-order valence-corrected chi connectivity index (χ3v) is 4.16. The number of carbonyl (C=O) groups excluding carboxylic acids is 1. The highest BCUT2D eigenvalue weighted by molar-refractivity contribution is 6.33. The molecule has 0 saturated carbocycles. The normalized spacial score (nSPS) is 10.9. The zero-order valence-corrected chi connectivity index (χ0v) is 13.1. The van der Waals surface area contributed by atoms with Crippen LogP contribution in [0.15, 0.2) is 41.1 Å². The third kappa shape index (κ3) is 2.70. The highest BCUT2D eigenvalue weighted by Crippen LogP contribution is 2.32. The topological polar surface area (TPSA) is 55.1 Å². The van der Waals surface area contributed by atoms with E-state index < -0.39 is 0 Å². The molecule has 0 fully saturated rings. The molecule has 0 spiro atoms. The van der Waals surface area contributed by atoms with Crippen LogP contribution < -0.4 is 5.32 Å². The number of anilines is 1. The molecule has 0 aliphatic heterocycles. The van der Waals surface area contributed by atoms with Crippen molar-refractivity contribution in [3.8, 4) is 0 Å². The minimum Gasteiger partial charge on any atom is -0.464 e. The molecule has 0 saturated heterocycles. The molecular weight excluding hydrogens is 300 g/mol. The first-order chi connectivity index (χ1) is 10.6. The number of aromatic nitrogens is 1. The fourth-order valence-electron chi connectivity index (χ4n) is 2.53. The molecule has 1 N–H and O–H groups in total. The van der Waals surface area contributed by atoms with Crippen molar-refractivity contribution in [3.63, 3.8) is 0 Å². The van der Waals surface area contributed by atoms with Crippen LogP contribution in [0.2, 0.25) is 5.02 Å². The lowest BCUT2D eigenvalue weighted by atomic mass is 10.0. The summed E-state index contributed by atoms with van der Waals surface area (Å²) in [5.41, 5.74) is 3.47. The van der Waals surface area contributed by atoms with E-state index in [2.05, 4.69) is 10.3 Å². The molecule has 4 nitrogen and oxygen atoms in total. The average Bonchev–Trinajstić information content (AvgIpc) is 2.88. The standard InChI is InChI=1S/C17H15ClN2O2/c1-10-7-13-16(11(2)17(10)18)12(9-22-13)8-15(21)20-14-5-3-4-6-19-14/h3-7,9H,8H2,1-2H3,(H,19,20,21). The van der Waals surface area contributed by atoms with Gasteiger partial charge in [0.15, 0.2) is 0 Å². The summed E-state index contributed by atoms with van der Waals surface area (Å²) in [6.07, 6.45) is 3.46. The maximum Gasteiger partial charge on any atom is 0.230 e. The average molecular weight is 315 g/mol. The maximum atomic E-state index is 12.2. The second-order valence-electron chi connectivity index (χ2n) is 5.21. The smallest absolute Gasteiger partial charge is 0.230 e. The van der Waals surface area contributed by atoms with Gasteiger partial charge in [-0.25, -0.2) is 4.98 Å². The number of benzene rings is 1. The Morgan fingerprint density at radius 2 is 2.18 bits per heavy atom. The van der Waals surface area contributed by atoms with Gasteiger partial charge in [-0.1, -0.05) is 17.7 Å². The molecule has 3 aromatic rings. The molecule has 0 bridgehead atoms. The van der Waals surface area contributed by atoms with Crippen molar-refractivity contribution in [1.82, 2.24) is 4.98 Å². The summed E-state index contributed by atoms with van der Waals surface area (Å²) < 4.78 is 5.56. The van der Waals surface area contributed by atoms with Crippen molar-refractivity contribution >= 4 is 34.3 Å². The van der Waals surface area contributed by atoms with E-state index >= 15 is 0 Å². The Hall–Kier alpha value is -2.33. The van der Waals surface area contributed by atoms with Gasteiger partial charge in [-0.3, -0.25) is 4.79 Å². The van der Waals surface area contributed by atoms with E-state index in [1.54, 1.807) is 24.6 Å². The quantitative estimate of drug-likeness (QED) is 0.785. The van der Waals surface area contributed by atoms with Crippen LogP contribution >= 0.6 is 11.6 Å². The van der Waals surface area contributed by atoms with E-state index in [0.717, 1.165) is 27.7 Å². The molecule has 0 radical (unpaired) electrons. The number of aryl methyl sites for hydroxylation is 2. The summed E-state index contributed by atoms with van der Waals surface area (Å²) in [5.74, 6) is 0.392. The van der Waals surface area contributed by atoms with E-state index in [4.69, 9.17) is 16.0 Å². The van der Waals surface area contributed by atoms with Crippen LogP contribution in [0, 0.1) is 13.8 Å².